The molecule has 0 saturated carbocycles. The van der Waals surface area contributed by atoms with Crippen LogP contribution in [0.15, 0.2) is 28.8 Å². The fourth-order valence-electron chi connectivity index (χ4n) is 2.34. The highest BCUT2D eigenvalue weighted by Gasteiger charge is 2.16. The zero-order valence-corrected chi connectivity index (χ0v) is 14.6. The lowest BCUT2D eigenvalue weighted by molar-refractivity contribution is -0.119. The Morgan fingerprint density at radius 2 is 2.21 bits per heavy atom. The minimum Gasteiger partial charge on any atom is -0.376 e. The quantitative estimate of drug-likeness (QED) is 0.810. The maximum atomic E-state index is 11.8. The summed E-state index contributed by atoms with van der Waals surface area (Å²) in [7, 11) is 0. The van der Waals surface area contributed by atoms with Crippen molar-refractivity contribution in [3.63, 3.8) is 0 Å². The van der Waals surface area contributed by atoms with Crippen molar-refractivity contribution in [2.75, 3.05) is 18.9 Å². The first kappa shape index (κ1) is 17.3. The minimum atomic E-state index is -0.00654. The number of carbonyl (C=O) groups is 1. The average molecular weight is 368 g/mol. The predicted octanol–water partition coefficient (Wildman–Crippen LogP) is 2.92. The maximum absolute atomic E-state index is 11.8. The molecule has 1 N–H and O–H groups in total. The number of carbonyl (C=O) groups excluding carboxylic acids is 1. The third kappa shape index (κ3) is 4.96. The first-order chi connectivity index (χ1) is 11.7. The summed E-state index contributed by atoms with van der Waals surface area (Å²) in [5, 5.41) is 7.49. The first-order valence-corrected chi connectivity index (χ1v) is 9.28. The van der Waals surface area contributed by atoms with E-state index in [9.17, 15) is 4.79 Å². The van der Waals surface area contributed by atoms with E-state index in [1.807, 2.05) is 12.1 Å². The molecule has 0 bridgehead atoms. The standard InChI is InChI=1S/C16H18ClN3O3S/c17-12-5-3-11(4-6-12)16-19-15(23-20-16)10-24-9-14(21)18-8-13-2-1-7-22-13/h3-6,13H,1-2,7-10H2,(H,18,21). The Morgan fingerprint density at radius 1 is 1.38 bits per heavy atom. The van der Waals surface area contributed by atoms with Gasteiger partial charge in [0, 0.05) is 23.7 Å². The van der Waals surface area contributed by atoms with Crippen molar-refractivity contribution >= 4 is 29.3 Å². The summed E-state index contributed by atoms with van der Waals surface area (Å²) in [6.07, 6.45) is 2.25. The lowest BCUT2D eigenvalue weighted by Crippen LogP contribution is -2.32. The van der Waals surface area contributed by atoms with E-state index in [1.165, 1.54) is 11.8 Å². The van der Waals surface area contributed by atoms with Gasteiger partial charge in [-0.15, -0.1) is 11.8 Å². The molecule has 128 valence electrons. The van der Waals surface area contributed by atoms with E-state index in [2.05, 4.69) is 15.5 Å². The molecular formula is C16H18ClN3O3S. The van der Waals surface area contributed by atoms with E-state index in [-0.39, 0.29) is 12.0 Å². The number of rotatable bonds is 7. The number of nitrogens with one attached hydrogen (secondary N) is 1. The smallest absolute Gasteiger partial charge is 0.236 e. The molecule has 1 aliphatic rings. The summed E-state index contributed by atoms with van der Waals surface area (Å²) >= 11 is 7.29. The fraction of sp³-hybridized carbons (Fsp3) is 0.438. The van der Waals surface area contributed by atoms with Gasteiger partial charge in [-0.25, -0.2) is 0 Å². The Hall–Kier alpha value is -1.57. The summed E-state index contributed by atoms with van der Waals surface area (Å²) in [6, 6.07) is 7.23. The first-order valence-electron chi connectivity index (χ1n) is 7.75. The highest BCUT2D eigenvalue weighted by Crippen LogP contribution is 2.20. The van der Waals surface area contributed by atoms with Gasteiger partial charge in [-0.3, -0.25) is 4.79 Å². The van der Waals surface area contributed by atoms with Gasteiger partial charge in [0.15, 0.2) is 0 Å². The van der Waals surface area contributed by atoms with Gasteiger partial charge in [0.1, 0.15) is 0 Å². The number of halogens is 1. The molecule has 1 saturated heterocycles. The lowest BCUT2D eigenvalue weighted by atomic mass is 10.2. The van der Waals surface area contributed by atoms with E-state index in [1.54, 1.807) is 12.1 Å². The molecule has 1 atom stereocenters. The highest BCUT2D eigenvalue weighted by atomic mass is 35.5. The third-order valence-electron chi connectivity index (χ3n) is 3.58. The molecule has 8 heteroatoms. The SMILES string of the molecule is O=C(CSCc1nc(-c2ccc(Cl)cc2)no1)NCC1CCCO1. The van der Waals surface area contributed by atoms with Gasteiger partial charge in [-0.05, 0) is 37.1 Å². The molecule has 2 aromatic rings. The zero-order valence-electron chi connectivity index (χ0n) is 13.0. The van der Waals surface area contributed by atoms with Gasteiger partial charge in [0.25, 0.3) is 0 Å². The normalized spacial score (nSPS) is 17.1. The largest absolute Gasteiger partial charge is 0.376 e. The fourth-order valence-corrected chi connectivity index (χ4v) is 3.15. The van der Waals surface area contributed by atoms with Crippen LogP contribution < -0.4 is 5.32 Å². The summed E-state index contributed by atoms with van der Waals surface area (Å²) in [5.74, 6) is 1.86. The second kappa shape index (κ2) is 8.50. The van der Waals surface area contributed by atoms with Crippen molar-refractivity contribution in [3.8, 4) is 11.4 Å². The number of ether oxygens (including phenoxy) is 1. The van der Waals surface area contributed by atoms with Crippen LogP contribution in [0.4, 0.5) is 0 Å². The molecule has 1 unspecified atom stereocenters. The topological polar surface area (TPSA) is 77.2 Å². The number of hydrogen-bond acceptors (Lipinski definition) is 6. The molecule has 1 amide bonds. The number of aromatic nitrogens is 2. The van der Waals surface area contributed by atoms with E-state index in [0.717, 1.165) is 25.0 Å². The Labute approximate surface area is 149 Å². The molecule has 1 aromatic heterocycles. The minimum absolute atomic E-state index is 0.00654. The van der Waals surface area contributed by atoms with Gasteiger partial charge < -0.3 is 14.6 Å². The van der Waals surface area contributed by atoms with E-state index in [4.69, 9.17) is 20.9 Å². The average Bonchev–Trinajstić information content (AvgIpc) is 3.25. The van der Waals surface area contributed by atoms with Crippen LogP contribution in [0.2, 0.25) is 5.02 Å². The Kier molecular flexibility index (Phi) is 6.12. The molecule has 3 rings (SSSR count). The molecule has 0 spiro atoms. The second-order valence-electron chi connectivity index (χ2n) is 5.45. The second-order valence-corrected chi connectivity index (χ2v) is 6.87. The van der Waals surface area contributed by atoms with Crippen LogP contribution in [0.5, 0.6) is 0 Å². The van der Waals surface area contributed by atoms with Gasteiger partial charge >= 0.3 is 0 Å². The maximum Gasteiger partial charge on any atom is 0.236 e. The van der Waals surface area contributed by atoms with E-state index in [0.29, 0.717) is 34.8 Å². The Balaban J connectivity index is 1.40. The Morgan fingerprint density at radius 3 is 2.96 bits per heavy atom. The van der Waals surface area contributed by atoms with Crippen molar-refractivity contribution < 1.29 is 14.1 Å². The van der Waals surface area contributed by atoms with Crippen molar-refractivity contribution in [2.24, 2.45) is 0 Å². The lowest BCUT2D eigenvalue weighted by Gasteiger charge is -2.10. The summed E-state index contributed by atoms with van der Waals surface area (Å²) in [6.45, 7) is 1.38. The molecule has 0 radical (unpaired) electrons. The van der Waals surface area contributed by atoms with Crippen molar-refractivity contribution in [2.45, 2.75) is 24.7 Å². The highest BCUT2D eigenvalue weighted by molar-refractivity contribution is 7.99. The summed E-state index contributed by atoms with van der Waals surface area (Å²) in [4.78, 5) is 16.1. The molecule has 0 aliphatic carbocycles. The van der Waals surface area contributed by atoms with Crippen LogP contribution in [0.3, 0.4) is 0 Å². The number of benzene rings is 1. The number of nitrogens with zero attached hydrogens (tertiary/aromatic N) is 2. The van der Waals surface area contributed by atoms with Gasteiger partial charge in [0.05, 0.1) is 17.6 Å². The van der Waals surface area contributed by atoms with E-state index >= 15 is 0 Å². The van der Waals surface area contributed by atoms with E-state index < -0.39 is 0 Å². The molecule has 2 heterocycles. The molecule has 1 fully saturated rings. The monoisotopic (exact) mass is 367 g/mol. The molecule has 24 heavy (non-hydrogen) atoms. The van der Waals surface area contributed by atoms with Crippen LogP contribution in [-0.2, 0) is 15.3 Å². The van der Waals surface area contributed by atoms with Crippen LogP contribution >= 0.6 is 23.4 Å². The van der Waals surface area contributed by atoms with Crippen LogP contribution in [0.1, 0.15) is 18.7 Å². The number of thioether (sulfide) groups is 1. The zero-order chi connectivity index (χ0) is 16.8. The van der Waals surface area contributed by atoms with Gasteiger partial charge in [-0.1, -0.05) is 16.8 Å². The Bertz CT molecular complexity index is 671. The summed E-state index contributed by atoms with van der Waals surface area (Å²) in [5.41, 5.74) is 0.841. The van der Waals surface area contributed by atoms with Crippen LogP contribution in [0.25, 0.3) is 11.4 Å². The van der Waals surface area contributed by atoms with Crippen LogP contribution in [-0.4, -0.2) is 41.1 Å². The van der Waals surface area contributed by atoms with Crippen LogP contribution in [0, 0.1) is 0 Å². The van der Waals surface area contributed by atoms with Crippen molar-refractivity contribution in [3.05, 3.63) is 35.2 Å². The molecule has 6 nitrogen and oxygen atoms in total. The number of amides is 1. The van der Waals surface area contributed by atoms with Crippen molar-refractivity contribution in [1.82, 2.24) is 15.5 Å². The predicted molar refractivity (Wildman–Crippen MR) is 92.9 cm³/mol. The number of hydrogen-bond donors (Lipinski definition) is 1. The molecular weight excluding hydrogens is 350 g/mol. The van der Waals surface area contributed by atoms with Gasteiger partial charge in [0.2, 0.25) is 17.6 Å². The summed E-state index contributed by atoms with van der Waals surface area (Å²) < 4.78 is 10.7. The molecule has 1 aliphatic heterocycles. The van der Waals surface area contributed by atoms with Gasteiger partial charge in [-0.2, -0.15) is 4.98 Å². The third-order valence-corrected chi connectivity index (χ3v) is 4.75. The molecule has 1 aromatic carbocycles. The van der Waals surface area contributed by atoms with Crippen molar-refractivity contribution in [1.29, 1.82) is 0 Å².